The lowest BCUT2D eigenvalue weighted by atomic mass is 9.88. The minimum absolute atomic E-state index is 0.211. The lowest BCUT2D eigenvalue weighted by Gasteiger charge is -2.45. The molecular formula is C20H32N4O. The van der Waals surface area contributed by atoms with Gasteiger partial charge in [-0.05, 0) is 51.3 Å². The Labute approximate surface area is 151 Å². The minimum Gasteiger partial charge on any atom is -0.381 e. The number of benzene rings is 1. The Hall–Kier alpha value is -1.59. The van der Waals surface area contributed by atoms with Gasteiger partial charge in [-0.25, -0.2) is 0 Å². The Morgan fingerprint density at radius 3 is 2.52 bits per heavy atom. The van der Waals surface area contributed by atoms with E-state index >= 15 is 0 Å². The van der Waals surface area contributed by atoms with Crippen LogP contribution in [0.1, 0.15) is 44.2 Å². The van der Waals surface area contributed by atoms with E-state index in [-0.39, 0.29) is 11.6 Å². The first-order valence-corrected chi connectivity index (χ1v) is 9.58. The fourth-order valence-corrected chi connectivity index (χ4v) is 4.02. The van der Waals surface area contributed by atoms with Crippen LogP contribution in [0.15, 0.2) is 35.3 Å². The van der Waals surface area contributed by atoms with E-state index in [0.29, 0.717) is 0 Å². The first-order chi connectivity index (χ1) is 12.2. The summed E-state index contributed by atoms with van der Waals surface area (Å²) in [5.74, 6) is 0.876. The number of nitrogens with one attached hydrogen (secondary N) is 2. The predicted octanol–water partition coefficient (Wildman–Crippen LogP) is 2.56. The second-order valence-corrected chi connectivity index (χ2v) is 7.23. The SMILES string of the molecule is CN=C(NCC1(N2CCCC2)CCOCC1)NC(C)c1ccccc1. The average Bonchev–Trinajstić information content (AvgIpc) is 3.22. The molecule has 138 valence electrons. The summed E-state index contributed by atoms with van der Waals surface area (Å²) in [6.07, 6.45) is 4.84. The molecule has 5 nitrogen and oxygen atoms in total. The molecule has 2 N–H and O–H groups in total. The number of hydrogen-bond acceptors (Lipinski definition) is 3. The van der Waals surface area contributed by atoms with Crippen molar-refractivity contribution in [2.24, 2.45) is 4.99 Å². The normalized spacial score (nSPS) is 22.6. The van der Waals surface area contributed by atoms with Crippen molar-refractivity contribution < 1.29 is 4.74 Å². The van der Waals surface area contributed by atoms with Crippen molar-refractivity contribution in [1.29, 1.82) is 0 Å². The quantitative estimate of drug-likeness (QED) is 0.637. The number of ether oxygens (including phenoxy) is 1. The van der Waals surface area contributed by atoms with Gasteiger partial charge in [0.25, 0.3) is 0 Å². The minimum atomic E-state index is 0.211. The van der Waals surface area contributed by atoms with E-state index in [1.54, 1.807) is 0 Å². The fraction of sp³-hybridized carbons (Fsp3) is 0.650. The summed E-state index contributed by atoms with van der Waals surface area (Å²) in [5, 5.41) is 7.12. The molecule has 25 heavy (non-hydrogen) atoms. The number of rotatable bonds is 5. The third-order valence-corrected chi connectivity index (χ3v) is 5.66. The maximum Gasteiger partial charge on any atom is 0.191 e. The molecule has 0 saturated carbocycles. The number of guanidine groups is 1. The highest BCUT2D eigenvalue weighted by Gasteiger charge is 2.39. The predicted molar refractivity (Wildman–Crippen MR) is 103 cm³/mol. The summed E-state index contributed by atoms with van der Waals surface area (Å²) in [6, 6.07) is 10.7. The molecule has 0 amide bonds. The summed E-state index contributed by atoms with van der Waals surface area (Å²) in [6.45, 7) is 7.27. The Morgan fingerprint density at radius 1 is 1.20 bits per heavy atom. The summed E-state index contributed by atoms with van der Waals surface area (Å²) in [5.41, 5.74) is 1.48. The molecular weight excluding hydrogens is 312 g/mol. The van der Waals surface area contributed by atoms with Crippen LogP contribution in [0.3, 0.4) is 0 Å². The molecule has 0 radical (unpaired) electrons. The van der Waals surface area contributed by atoms with Gasteiger partial charge in [0.2, 0.25) is 0 Å². The molecule has 2 aliphatic heterocycles. The summed E-state index contributed by atoms with van der Waals surface area (Å²) < 4.78 is 5.64. The lowest BCUT2D eigenvalue weighted by molar-refractivity contribution is -0.0164. The maximum atomic E-state index is 5.64. The largest absolute Gasteiger partial charge is 0.381 e. The molecule has 2 heterocycles. The molecule has 2 saturated heterocycles. The van der Waals surface area contributed by atoms with Crippen molar-refractivity contribution in [1.82, 2.24) is 15.5 Å². The molecule has 0 aromatic heterocycles. The zero-order chi connectivity index (χ0) is 17.5. The van der Waals surface area contributed by atoms with Gasteiger partial charge in [-0.2, -0.15) is 0 Å². The monoisotopic (exact) mass is 344 g/mol. The van der Waals surface area contributed by atoms with Gasteiger partial charge in [-0.1, -0.05) is 30.3 Å². The second kappa shape index (κ2) is 8.68. The summed E-state index contributed by atoms with van der Waals surface area (Å²) >= 11 is 0. The van der Waals surface area contributed by atoms with Gasteiger partial charge in [-0.15, -0.1) is 0 Å². The van der Waals surface area contributed by atoms with Crippen LogP contribution in [0, 0.1) is 0 Å². The zero-order valence-electron chi connectivity index (χ0n) is 15.6. The second-order valence-electron chi connectivity index (χ2n) is 7.23. The van der Waals surface area contributed by atoms with Crippen LogP contribution in [-0.4, -0.2) is 56.3 Å². The van der Waals surface area contributed by atoms with Crippen molar-refractivity contribution in [3.05, 3.63) is 35.9 Å². The summed E-state index contributed by atoms with van der Waals surface area (Å²) in [4.78, 5) is 7.12. The first kappa shape index (κ1) is 18.2. The Balaban J connectivity index is 1.60. The van der Waals surface area contributed by atoms with Crippen molar-refractivity contribution in [2.45, 2.75) is 44.2 Å². The van der Waals surface area contributed by atoms with Gasteiger partial charge in [0.1, 0.15) is 0 Å². The van der Waals surface area contributed by atoms with Crippen LogP contribution in [-0.2, 0) is 4.74 Å². The molecule has 1 aromatic rings. The van der Waals surface area contributed by atoms with E-state index < -0.39 is 0 Å². The average molecular weight is 345 g/mol. The van der Waals surface area contributed by atoms with Crippen LogP contribution in [0.4, 0.5) is 0 Å². The highest BCUT2D eigenvalue weighted by Crippen LogP contribution is 2.30. The highest BCUT2D eigenvalue weighted by molar-refractivity contribution is 5.80. The van der Waals surface area contributed by atoms with Crippen LogP contribution >= 0.6 is 0 Å². The van der Waals surface area contributed by atoms with Gasteiger partial charge in [0.05, 0.1) is 6.04 Å². The molecule has 0 aliphatic carbocycles. The van der Waals surface area contributed by atoms with E-state index in [0.717, 1.165) is 38.6 Å². The Bertz CT molecular complexity index is 548. The molecule has 0 spiro atoms. The third kappa shape index (κ3) is 4.53. The van der Waals surface area contributed by atoms with Crippen LogP contribution in [0.2, 0.25) is 0 Å². The molecule has 1 unspecified atom stereocenters. The topological polar surface area (TPSA) is 48.9 Å². The Kier molecular flexibility index (Phi) is 6.32. The smallest absolute Gasteiger partial charge is 0.191 e. The zero-order valence-corrected chi connectivity index (χ0v) is 15.6. The van der Waals surface area contributed by atoms with E-state index in [4.69, 9.17) is 4.74 Å². The summed E-state index contributed by atoms with van der Waals surface area (Å²) in [7, 11) is 1.85. The molecule has 5 heteroatoms. The molecule has 2 aliphatic rings. The fourth-order valence-electron chi connectivity index (χ4n) is 4.02. The van der Waals surface area contributed by atoms with Crippen molar-refractivity contribution in [2.75, 3.05) is 39.9 Å². The lowest BCUT2D eigenvalue weighted by Crippen LogP contribution is -2.58. The van der Waals surface area contributed by atoms with Crippen LogP contribution in [0.25, 0.3) is 0 Å². The molecule has 2 fully saturated rings. The van der Waals surface area contributed by atoms with Gasteiger partial charge < -0.3 is 15.4 Å². The van der Waals surface area contributed by atoms with Crippen LogP contribution < -0.4 is 10.6 Å². The molecule has 1 aromatic carbocycles. The third-order valence-electron chi connectivity index (χ3n) is 5.66. The standard InChI is InChI=1S/C20H32N4O/c1-17(18-8-4-3-5-9-18)23-19(21-2)22-16-20(10-14-25-15-11-20)24-12-6-7-13-24/h3-5,8-9,17H,6-7,10-16H2,1-2H3,(H2,21,22,23). The molecule has 3 rings (SSSR count). The van der Waals surface area contributed by atoms with Gasteiger partial charge in [0, 0.05) is 32.3 Å². The van der Waals surface area contributed by atoms with Gasteiger partial charge >= 0.3 is 0 Å². The van der Waals surface area contributed by atoms with Crippen molar-refractivity contribution in [3.63, 3.8) is 0 Å². The van der Waals surface area contributed by atoms with Gasteiger partial charge in [0.15, 0.2) is 5.96 Å². The number of aliphatic imine (C=N–C) groups is 1. The molecule has 1 atom stereocenters. The first-order valence-electron chi connectivity index (χ1n) is 9.58. The van der Waals surface area contributed by atoms with Crippen LogP contribution in [0.5, 0.6) is 0 Å². The Morgan fingerprint density at radius 2 is 1.88 bits per heavy atom. The number of nitrogens with zero attached hydrogens (tertiary/aromatic N) is 2. The van der Waals surface area contributed by atoms with Crippen molar-refractivity contribution in [3.8, 4) is 0 Å². The van der Waals surface area contributed by atoms with E-state index in [9.17, 15) is 0 Å². The van der Waals surface area contributed by atoms with Gasteiger partial charge in [-0.3, -0.25) is 9.89 Å². The number of likely N-dealkylation sites (tertiary alicyclic amines) is 1. The number of hydrogen-bond donors (Lipinski definition) is 2. The highest BCUT2D eigenvalue weighted by atomic mass is 16.5. The van der Waals surface area contributed by atoms with E-state index in [1.165, 1.54) is 31.5 Å². The van der Waals surface area contributed by atoms with Crippen molar-refractivity contribution >= 4 is 5.96 Å². The van der Waals surface area contributed by atoms with E-state index in [1.807, 2.05) is 13.1 Å². The maximum absolute atomic E-state index is 5.64. The molecule has 0 bridgehead atoms. The van der Waals surface area contributed by atoms with E-state index in [2.05, 4.69) is 51.7 Å².